The zero-order chi connectivity index (χ0) is 9.10. The molecule has 0 atom stereocenters. The summed E-state index contributed by atoms with van der Waals surface area (Å²) in [6, 6.07) is 0. The highest BCUT2D eigenvalue weighted by atomic mass is 16.5. The van der Waals surface area contributed by atoms with Gasteiger partial charge in [-0.15, -0.1) is 0 Å². The number of nitrogens with one attached hydrogen (secondary N) is 1. The van der Waals surface area contributed by atoms with Gasteiger partial charge in [0.15, 0.2) is 0 Å². The van der Waals surface area contributed by atoms with E-state index in [4.69, 9.17) is 4.74 Å². The topological polar surface area (TPSA) is 47.0 Å². The molecule has 70 valence electrons. The summed E-state index contributed by atoms with van der Waals surface area (Å²) in [5.41, 5.74) is 2.24. The predicted molar refractivity (Wildman–Crippen MR) is 48.6 cm³/mol. The number of fused-ring (bicyclic) bond motifs is 1. The van der Waals surface area contributed by atoms with Crippen LogP contribution < -0.4 is 10.1 Å². The minimum atomic E-state index is 0.708. The number of rotatable bonds is 1. The van der Waals surface area contributed by atoms with Crippen molar-refractivity contribution in [1.82, 2.24) is 15.3 Å². The van der Waals surface area contributed by atoms with Crippen molar-refractivity contribution in [2.45, 2.75) is 19.4 Å². The lowest BCUT2D eigenvalue weighted by atomic mass is 10.1. The van der Waals surface area contributed by atoms with Crippen LogP contribution in [0.25, 0.3) is 0 Å². The molecule has 1 aromatic heterocycles. The van der Waals surface area contributed by atoms with Crippen molar-refractivity contribution in [3.63, 3.8) is 0 Å². The van der Waals surface area contributed by atoms with E-state index < -0.39 is 0 Å². The molecule has 13 heavy (non-hydrogen) atoms. The van der Waals surface area contributed by atoms with Gasteiger partial charge in [-0.2, -0.15) is 0 Å². The van der Waals surface area contributed by atoms with Gasteiger partial charge in [0.25, 0.3) is 0 Å². The largest absolute Gasteiger partial charge is 0.481 e. The number of hydrogen-bond acceptors (Lipinski definition) is 4. The van der Waals surface area contributed by atoms with Crippen LogP contribution in [-0.4, -0.2) is 23.6 Å². The highest BCUT2D eigenvalue weighted by Gasteiger charge is 2.13. The Morgan fingerprint density at radius 2 is 2.38 bits per heavy atom. The van der Waals surface area contributed by atoms with Crippen LogP contribution in [0.3, 0.4) is 0 Å². The standard InChI is InChI=1S/C9H13N3O/c1-13-9-7-5-10-4-2-3-8(7)11-6-12-9/h6,10H,2-5H2,1H3. The molecule has 0 aromatic carbocycles. The van der Waals surface area contributed by atoms with Gasteiger partial charge < -0.3 is 10.1 Å². The maximum absolute atomic E-state index is 5.18. The average Bonchev–Trinajstić information content (AvgIpc) is 2.41. The van der Waals surface area contributed by atoms with Gasteiger partial charge in [-0.05, 0) is 19.4 Å². The molecule has 2 rings (SSSR count). The van der Waals surface area contributed by atoms with Gasteiger partial charge in [-0.3, -0.25) is 0 Å². The molecule has 0 fully saturated rings. The number of ether oxygens (including phenoxy) is 1. The molecule has 1 aliphatic rings. The summed E-state index contributed by atoms with van der Waals surface area (Å²) in [7, 11) is 1.65. The second-order valence-electron chi connectivity index (χ2n) is 3.09. The van der Waals surface area contributed by atoms with Crippen LogP contribution in [0, 0.1) is 0 Å². The van der Waals surface area contributed by atoms with Gasteiger partial charge in [0, 0.05) is 12.1 Å². The first kappa shape index (κ1) is 8.44. The van der Waals surface area contributed by atoms with E-state index >= 15 is 0 Å². The van der Waals surface area contributed by atoms with Crippen LogP contribution >= 0.6 is 0 Å². The maximum Gasteiger partial charge on any atom is 0.220 e. The van der Waals surface area contributed by atoms with Crippen molar-refractivity contribution < 1.29 is 4.74 Å². The Kier molecular flexibility index (Phi) is 2.40. The molecule has 0 saturated heterocycles. The SMILES string of the molecule is COc1ncnc2c1CNCCC2. The highest BCUT2D eigenvalue weighted by molar-refractivity contribution is 5.30. The number of nitrogens with zero attached hydrogens (tertiary/aromatic N) is 2. The molecule has 0 saturated carbocycles. The predicted octanol–water partition coefficient (Wildman–Crippen LogP) is 0.521. The summed E-state index contributed by atoms with van der Waals surface area (Å²) in [6.45, 7) is 1.86. The van der Waals surface area contributed by atoms with Crippen molar-refractivity contribution in [1.29, 1.82) is 0 Å². The number of methoxy groups -OCH3 is 1. The molecule has 1 aliphatic heterocycles. The molecule has 2 heterocycles. The fourth-order valence-electron chi connectivity index (χ4n) is 1.59. The fraction of sp³-hybridized carbons (Fsp3) is 0.556. The van der Waals surface area contributed by atoms with Crippen molar-refractivity contribution in [3.05, 3.63) is 17.6 Å². The number of aryl methyl sites for hydroxylation is 1. The van der Waals surface area contributed by atoms with Gasteiger partial charge in [0.05, 0.1) is 12.8 Å². The molecule has 1 N–H and O–H groups in total. The van der Waals surface area contributed by atoms with E-state index in [-0.39, 0.29) is 0 Å². The first-order valence-electron chi connectivity index (χ1n) is 4.49. The Morgan fingerprint density at radius 1 is 1.46 bits per heavy atom. The third-order valence-corrected chi connectivity index (χ3v) is 2.26. The van der Waals surface area contributed by atoms with Gasteiger partial charge >= 0.3 is 0 Å². The van der Waals surface area contributed by atoms with E-state index in [0.29, 0.717) is 5.88 Å². The number of aromatic nitrogens is 2. The van der Waals surface area contributed by atoms with E-state index in [2.05, 4.69) is 15.3 Å². The second-order valence-corrected chi connectivity index (χ2v) is 3.09. The molecule has 4 nitrogen and oxygen atoms in total. The lowest BCUT2D eigenvalue weighted by molar-refractivity contribution is 0.389. The van der Waals surface area contributed by atoms with Crippen LogP contribution in [0.2, 0.25) is 0 Å². The third-order valence-electron chi connectivity index (χ3n) is 2.26. The van der Waals surface area contributed by atoms with E-state index in [9.17, 15) is 0 Å². The molecule has 0 aliphatic carbocycles. The lowest BCUT2D eigenvalue weighted by Crippen LogP contribution is -2.13. The van der Waals surface area contributed by atoms with Gasteiger partial charge in [0.2, 0.25) is 5.88 Å². The second kappa shape index (κ2) is 3.70. The maximum atomic E-state index is 5.18. The zero-order valence-corrected chi connectivity index (χ0v) is 7.71. The lowest BCUT2D eigenvalue weighted by Gasteiger charge is -2.07. The molecule has 4 heteroatoms. The Bertz CT molecular complexity index is 301. The van der Waals surface area contributed by atoms with Crippen LogP contribution in [0.1, 0.15) is 17.7 Å². The molecule has 0 amide bonds. The smallest absolute Gasteiger partial charge is 0.220 e. The van der Waals surface area contributed by atoms with Gasteiger partial charge in [-0.1, -0.05) is 0 Å². The Balaban J connectivity index is 2.40. The molecule has 0 bridgehead atoms. The highest BCUT2D eigenvalue weighted by Crippen LogP contribution is 2.19. The van der Waals surface area contributed by atoms with Crippen LogP contribution in [0.15, 0.2) is 6.33 Å². The van der Waals surface area contributed by atoms with Crippen LogP contribution in [-0.2, 0) is 13.0 Å². The summed E-state index contributed by atoms with van der Waals surface area (Å²) in [5.74, 6) is 0.708. The Hall–Kier alpha value is -1.16. The van der Waals surface area contributed by atoms with E-state index in [1.165, 1.54) is 0 Å². The minimum absolute atomic E-state index is 0.708. The first-order valence-corrected chi connectivity index (χ1v) is 4.49. The molecular weight excluding hydrogens is 166 g/mol. The third kappa shape index (κ3) is 1.62. The van der Waals surface area contributed by atoms with E-state index in [0.717, 1.165) is 37.2 Å². The fourth-order valence-corrected chi connectivity index (χ4v) is 1.59. The van der Waals surface area contributed by atoms with Crippen molar-refractivity contribution >= 4 is 0 Å². The molecule has 0 radical (unpaired) electrons. The Labute approximate surface area is 77.4 Å². The quantitative estimate of drug-likeness (QED) is 0.682. The molecular formula is C9H13N3O. The normalized spacial score (nSPS) is 16.1. The van der Waals surface area contributed by atoms with E-state index in [1.807, 2.05) is 0 Å². The monoisotopic (exact) mass is 179 g/mol. The minimum Gasteiger partial charge on any atom is -0.481 e. The van der Waals surface area contributed by atoms with Gasteiger partial charge in [0.1, 0.15) is 6.33 Å². The van der Waals surface area contributed by atoms with Crippen molar-refractivity contribution in [2.24, 2.45) is 0 Å². The summed E-state index contributed by atoms with van der Waals surface area (Å²) in [6.07, 6.45) is 3.72. The summed E-state index contributed by atoms with van der Waals surface area (Å²) < 4.78 is 5.18. The number of hydrogen-bond donors (Lipinski definition) is 1. The first-order chi connectivity index (χ1) is 6.42. The molecule has 1 aromatic rings. The van der Waals surface area contributed by atoms with Crippen LogP contribution in [0.5, 0.6) is 5.88 Å². The molecule has 0 spiro atoms. The Morgan fingerprint density at radius 3 is 3.23 bits per heavy atom. The zero-order valence-electron chi connectivity index (χ0n) is 7.71. The van der Waals surface area contributed by atoms with E-state index in [1.54, 1.807) is 13.4 Å². The average molecular weight is 179 g/mol. The van der Waals surface area contributed by atoms with Crippen LogP contribution in [0.4, 0.5) is 0 Å². The summed E-state index contributed by atoms with van der Waals surface area (Å²) in [5, 5.41) is 3.32. The van der Waals surface area contributed by atoms with Crippen molar-refractivity contribution in [2.75, 3.05) is 13.7 Å². The summed E-state index contributed by atoms with van der Waals surface area (Å²) >= 11 is 0. The summed E-state index contributed by atoms with van der Waals surface area (Å²) in [4.78, 5) is 8.34. The van der Waals surface area contributed by atoms with Crippen molar-refractivity contribution in [3.8, 4) is 5.88 Å². The van der Waals surface area contributed by atoms with Gasteiger partial charge in [-0.25, -0.2) is 9.97 Å². The molecule has 0 unspecified atom stereocenters.